The predicted octanol–water partition coefficient (Wildman–Crippen LogP) is 1.61. The molecule has 0 spiro atoms. The van der Waals surface area contributed by atoms with Crippen LogP contribution in [-0.2, 0) is 16.6 Å². The van der Waals surface area contributed by atoms with Gasteiger partial charge < -0.3 is 9.84 Å². The average molecular weight is 310 g/mol. The van der Waals surface area contributed by atoms with Gasteiger partial charge >= 0.3 is 5.97 Å². The fraction of sp³-hybridized carbons (Fsp3) is 0.615. The van der Waals surface area contributed by atoms with Gasteiger partial charge in [0.15, 0.2) is 10.8 Å². The van der Waals surface area contributed by atoms with E-state index in [1.54, 1.807) is 0 Å². The van der Waals surface area contributed by atoms with Crippen molar-refractivity contribution in [3.05, 3.63) is 5.69 Å². The highest BCUT2D eigenvalue weighted by atomic mass is 32.2. The molecule has 1 N–H and O–H groups in total. The lowest BCUT2D eigenvalue weighted by molar-refractivity contribution is -0.133. The number of ether oxygens (including phenoxy) is 1. The van der Waals surface area contributed by atoms with Gasteiger partial charge in [0, 0.05) is 13.7 Å². The Morgan fingerprint density at radius 1 is 1.57 bits per heavy atom. The van der Waals surface area contributed by atoms with Gasteiger partial charge in [-0.1, -0.05) is 11.8 Å². The Hall–Kier alpha value is -1.54. The standard InChI is InChI=1S/C13H18N4O3S/c1-8-11-12(16(2)15-8)17(9-4-3-5-20-6-9)13(14-11)21-7-10(18)19/h9H,3-7H2,1-2H3,(H,18,19). The molecule has 0 aliphatic carbocycles. The molecule has 7 nitrogen and oxygen atoms in total. The van der Waals surface area contributed by atoms with E-state index >= 15 is 0 Å². The van der Waals surface area contributed by atoms with Crippen molar-refractivity contribution in [3.8, 4) is 0 Å². The molecule has 2 aromatic rings. The Bertz CT molecular complexity index is 673. The minimum Gasteiger partial charge on any atom is -0.481 e. The highest BCUT2D eigenvalue weighted by molar-refractivity contribution is 7.99. The molecule has 1 aliphatic rings. The van der Waals surface area contributed by atoms with Gasteiger partial charge in [0.2, 0.25) is 0 Å². The summed E-state index contributed by atoms with van der Waals surface area (Å²) in [5, 5.41) is 14.1. The van der Waals surface area contributed by atoms with Gasteiger partial charge in [0.1, 0.15) is 5.52 Å². The third kappa shape index (κ3) is 2.65. The van der Waals surface area contributed by atoms with Crippen molar-refractivity contribution < 1.29 is 14.6 Å². The summed E-state index contributed by atoms with van der Waals surface area (Å²) in [4.78, 5) is 15.5. The van der Waals surface area contributed by atoms with E-state index in [1.165, 1.54) is 11.8 Å². The van der Waals surface area contributed by atoms with Crippen molar-refractivity contribution in [3.63, 3.8) is 0 Å². The van der Waals surface area contributed by atoms with E-state index in [9.17, 15) is 4.79 Å². The zero-order chi connectivity index (χ0) is 15.0. The van der Waals surface area contributed by atoms with Crippen molar-refractivity contribution in [2.75, 3.05) is 19.0 Å². The lowest BCUT2D eigenvalue weighted by Crippen LogP contribution is -2.23. The lowest BCUT2D eigenvalue weighted by atomic mass is 10.1. The van der Waals surface area contributed by atoms with Crippen LogP contribution >= 0.6 is 11.8 Å². The number of thioether (sulfide) groups is 1. The van der Waals surface area contributed by atoms with Gasteiger partial charge in [0.25, 0.3) is 0 Å². The average Bonchev–Trinajstić information content (AvgIpc) is 2.96. The number of rotatable bonds is 4. The number of imidazole rings is 1. The van der Waals surface area contributed by atoms with E-state index in [2.05, 4.69) is 14.6 Å². The number of aryl methyl sites for hydroxylation is 2. The van der Waals surface area contributed by atoms with E-state index in [0.29, 0.717) is 6.61 Å². The molecule has 8 heteroatoms. The first-order chi connectivity index (χ1) is 10.1. The summed E-state index contributed by atoms with van der Waals surface area (Å²) in [7, 11) is 1.89. The van der Waals surface area contributed by atoms with Gasteiger partial charge in [-0.3, -0.25) is 14.0 Å². The van der Waals surface area contributed by atoms with Crippen LogP contribution in [0, 0.1) is 6.92 Å². The number of hydrogen-bond acceptors (Lipinski definition) is 5. The number of carboxylic acids is 1. The third-order valence-electron chi connectivity index (χ3n) is 3.63. The summed E-state index contributed by atoms with van der Waals surface area (Å²) in [6.07, 6.45) is 2.01. The summed E-state index contributed by atoms with van der Waals surface area (Å²) in [5.74, 6) is -0.836. The first-order valence-corrected chi connectivity index (χ1v) is 7.90. The van der Waals surface area contributed by atoms with E-state index in [4.69, 9.17) is 9.84 Å². The quantitative estimate of drug-likeness (QED) is 0.864. The van der Waals surface area contributed by atoms with E-state index < -0.39 is 5.97 Å². The highest BCUT2D eigenvalue weighted by Crippen LogP contribution is 2.32. The molecular formula is C13H18N4O3S. The number of aromatic nitrogens is 4. The molecule has 0 aromatic carbocycles. The maximum Gasteiger partial charge on any atom is 0.313 e. The molecule has 0 saturated carbocycles. The highest BCUT2D eigenvalue weighted by Gasteiger charge is 2.25. The molecule has 3 heterocycles. The van der Waals surface area contributed by atoms with Crippen molar-refractivity contribution in [2.24, 2.45) is 7.05 Å². The summed E-state index contributed by atoms with van der Waals surface area (Å²) in [6, 6.07) is 0.190. The Kier molecular flexibility index (Phi) is 3.90. The van der Waals surface area contributed by atoms with Crippen LogP contribution < -0.4 is 0 Å². The van der Waals surface area contributed by atoms with E-state index in [-0.39, 0.29) is 11.8 Å². The van der Waals surface area contributed by atoms with Crippen LogP contribution in [0.25, 0.3) is 11.2 Å². The normalized spacial score (nSPS) is 19.2. The zero-order valence-electron chi connectivity index (χ0n) is 12.1. The SMILES string of the molecule is Cc1nn(C)c2c1nc(SCC(=O)O)n2C1CCCOC1. The summed E-state index contributed by atoms with van der Waals surface area (Å²) in [5.41, 5.74) is 2.65. The lowest BCUT2D eigenvalue weighted by Gasteiger charge is -2.25. The minimum atomic E-state index is -0.839. The van der Waals surface area contributed by atoms with Crippen molar-refractivity contribution in [1.29, 1.82) is 0 Å². The first-order valence-electron chi connectivity index (χ1n) is 6.91. The number of fused-ring (bicyclic) bond motifs is 1. The first kappa shape index (κ1) is 14.4. The number of hydrogen-bond donors (Lipinski definition) is 1. The Labute approximate surface area is 126 Å². The van der Waals surface area contributed by atoms with E-state index in [1.807, 2.05) is 18.7 Å². The molecule has 0 amide bonds. The van der Waals surface area contributed by atoms with Gasteiger partial charge in [-0.2, -0.15) is 5.10 Å². The largest absolute Gasteiger partial charge is 0.481 e. The third-order valence-corrected chi connectivity index (χ3v) is 4.57. The smallest absolute Gasteiger partial charge is 0.313 e. The molecule has 1 aliphatic heterocycles. The van der Waals surface area contributed by atoms with Crippen LogP contribution in [0.2, 0.25) is 0 Å². The monoisotopic (exact) mass is 310 g/mol. The fourth-order valence-corrected chi connectivity index (χ4v) is 3.54. The zero-order valence-corrected chi connectivity index (χ0v) is 12.9. The Balaban J connectivity index is 2.07. The Morgan fingerprint density at radius 2 is 2.38 bits per heavy atom. The van der Waals surface area contributed by atoms with Crippen LogP contribution in [0.3, 0.4) is 0 Å². The van der Waals surface area contributed by atoms with Crippen LogP contribution in [-0.4, -0.2) is 49.4 Å². The van der Waals surface area contributed by atoms with Crippen LogP contribution in [0.1, 0.15) is 24.6 Å². The van der Waals surface area contributed by atoms with Crippen molar-refractivity contribution in [2.45, 2.75) is 31.0 Å². The fourth-order valence-electron chi connectivity index (χ4n) is 2.76. The van der Waals surface area contributed by atoms with Crippen LogP contribution in [0.15, 0.2) is 5.16 Å². The van der Waals surface area contributed by atoms with E-state index in [0.717, 1.165) is 41.5 Å². The molecule has 1 atom stereocenters. The maximum atomic E-state index is 10.8. The van der Waals surface area contributed by atoms with Crippen LogP contribution in [0.4, 0.5) is 0 Å². The van der Waals surface area contributed by atoms with Crippen molar-refractivity contribution in [1.82, 2.24) is 19.3 Å². The molecular weight excluding hydrogens is 292 g/mol. The van der Waals surface area contributed by atoms with Gasteiger partial charge in [-0.15, -0.1) is 0 Å². The molecule has 1 saturated heterocycles. The number of aliphatic carboxylic acids is 1. The van der Waals surface area contributed by atoms with Crippen LogP contribution in [0.5, 0.6) is 0 Å². The predicted molar refractivity (Wildman–Crippen MR) is 78.7 cm³/mol. The molecule has 2 aromatic heterocycles. The Morgan fingerprint density at radius 3 is 3.05 bits per heavy atom. The second-order valence-electron chi connectivity index (χ2n) is 5.20. The number of nitrogens with zero attached hydrogens (tertiary/aromatic N) is 4. The maximum absolute atomic E-state index is 10.8. The van der Waals surface area contributed by atoms with Gasteiger partial charge in [-0.05, 0) is 19.8 Å². The van der Waals surface area contributed by atoms with Gasteiger partial charge in [-0.25, -0.2) is 4.98 Å². The second-order valence-corrected chi connectivity index (χ2v) is 6.14. The molecule has 21 heavy (non-hydrogen) atoms. The number of carbonyl (C=O) groups is 1. The summed E-state index contributed by atoms with van der Waals surface area (Å²) < 4.78 is 9.49. The summed E-state index contributed by atoms with van der Waals surface area (Å²) >= 11 is 1.25. The number of carboxylic acid groups (broad SMARTS) is 1. The topological polar surface area (TPSA) is 82.2 Å². The molecule has 114 valence electrons. The van der Waals surface area contributed by atoms with Crippen molar-refractivity contribution >= 4 is 28.9 Å². The minimum absolute atomic E-state index is 0.00335. The molecule has 0 bridgehead atoms. The second kappa shape index (κ2) is 5.69. The molecule has 1 fully saturated rings. The molecule has 3 rings (SSSR count). The molecule has 1 unspecified atom stereocenters. The van der Waals surface area contributed by atoms with Gasteiger partial charge in [0.05, 0.1) is 24.1 Å². The molecule has 0 radical (unpaired) electrons. The summed E-state index contributed by atoms with van der Waals surface area (Å²) in [6.45, 7) is 3.34.